The van der Waals surface area contributed by atoms with Crippen molar-refractivity contribution in [3.05, 3.63) is 24.3 Å². The van der Waals surface area contributed by atoms with Crippen molar-refractivity contribution in [1.29, 1.82) is 0 Å². The summed E-state index contributed by atoms with van der Waals surface area (Å²) >= 11 is 1.58. The Morgan fingerprint density at radius 3 is 2.39 bits per heavy atom. The highest BCUT2D eigenvalue weighted by atomic mass is 32.2. The van der Waals surface area contributed by atoms with E-state index in [-0.39, 0.29) is 11.8 Å². The zero-order valence-corrected chi connectivity index (χ0v) is 15.3. The number of carbonyl (C=O) groups excluding carboxylic acids is 1. The standard InChI is InChI=1S/C16H24N2O3S2/c1-3-10-17-16(19)13-8-11-18(12-9-13)23(20,21)15-6-4-14(22-2)5-7-15/h4-7,13H,3,8-12H2,1-2H3,(H,17,19). The minimum absolute atomic E-state index is 0.0493. The summed E-state index contributed by atoms with van der Waals surface area (Å²) in [5, 5.41) is 2.89. The highest BCUT2D eigenvalue weighted by Crippen LogP contribution is 2.25. The zero-order chi connectivity index (χ0) is 16.9. The van der Waals surface area contributed by atoms with Gasteiger partial charge in [0.2, 0.25) is 15.9 Å². The van der Waals surface area contributed by atoms with Gasteiger partial charge in [-0.3, -0.25) is 4.79 Å². The van der Waals surface area contributed by atoms with E-state index < -0.39 is 10.0 Å². The molecule has 1 aromatic carbocycles. The maximum Gasteiger partial charge on any atom is 0.243 e. The fraction of sp³-hybridized carbons (Fsp3) is 0.562. The number of thioether (sulfide) groups is 1. The summed E-state index contributed by atoms with van der Waals surface area (Å²) in [7, 11) is -3.46. The molecule has 0 aliphatic carbocycles. The second-order valence-corrected chi connectivity index (χ2v) is 8.46. The SMILES string of the molecule is CCCNC(=O)C1CCN(S(=O)(=O)c2ccc(SC)cc2)CC1. The molecule has 1 saturated heterocycles. The van der Waals surface area contributed by atoms with E-state index in [4.69, 9.17) is 0 Å². The monoisotopic (exact) mass is 356 g/mol. The van der Waals surface area contributed by atoms with Crippen LogP contribution in [0.2, 0.25) is 0 Å². The Balaban J connectivity index is 1.99. The molecule has 0 atom stereocenters. The highest BCUT2D eigenvalue weighted by Gasteiger charge is 2.31. The van der Waals surface area contributed by atoms with Gasteiger partial charge in [-0.05, 0) is 49.8 Å². The average Bonchev–Trinajstić information content (AvgIpc) is 2.59. The Morgan fingerprint density at radius 1 is 1.26 bits per heavy atom. The molecule has 0 saturated carbocycles. The van der Waals surface area contributed by atoms with Crippen molar-refractivity contribution < 1.29 is 13.2 Å². The van der Waals surface area contributed by atoms with Gasteiger partial charge in [0.25, 0.3) is 0 Å². The lowest BCUT2D eigenvalue weighted by Crippen LogP contribution is -2.43. The first-order valence-electron chi connectivity index (χ1n) is 7.91. The largest absolute Gasteiger partial charge is 0.356 e. The minimum atomic E-state index is -3.46. The maximum atomic E-state index is 12.7. The van der Waals surface area contributed by atoms with Crippen LogP contribution in [0.1, 0.15) is 26.2 Å². The van der Waals surface area contributed by atoms with Gasteiger partial charge >= 0.3 is 0 Å². The third-order valence-electron chi connectivity index (χ3n) is 4.07. The first-order valence-corrected chi connectivity index (χ1v) is 10.6. The summed E-state index contributed by atoms with van der Waals surface area (Å²) in [5.41, 5.74) is 0. The third-order valence-corrected chi connectivity index (χ3v) is 6.73. The van der Waals surface area contributed by atoms with E-state index in [1.807, 2.05) is 25.3 Å². The quantitative estimate of drug-likeness (QED) is 0.795. The molecule has 1 fully saturated rings. The third kappa shape index (κ3) is 4.49. The average molecular weight is 357 g/mol. The smallest absolute Gasteiger partial charge is 0.243 e. The molecule has 5 nitrogen and oxygen atoms in total. The predicted molar refractivity (Wildman–Crippen MR) is 93.0 cm³/mol. The molecule has 23 heavy (non-hydrogen) atoms. The Bertz CT molecular complexity index is 621. The number of amides is 1. The summed E-state index contributed by atoms with van der Waals surface area (Å²) in [6.07, 6.45) is 4.03. The minimum Gasteiger partial charge on any atom is -0.356 e. The maximum absolute atomic E-state index is 12.7. The Hall–Kier alpha value is -1.05. The number of hydrogen-bond acceptors (Lipinski definition) is 4. The molecule has 0 radical (unpaired) electrons. The molecule has 0 aromatic heterocycles. The molecular formula is C16H24N2O3S2. The van der Waals surface area contributed by atoms with Crippen LogP contribution in [0.25, 0.3) is 0 Å². The van der Waals surface area contributed by atoms with Gasteiger partial charge in [-0.15, -0.1) is 11.8 Å². The van der Waals surface area contributed by atoms with Crippen LogP contribution in [0.15, 0.2) is 34.1 Å². The van der Waals surface area contributed by atoms with Crippen LogP contribution >= 0.6 is 11.8 Å². The summed E-state index contributed by atoms with van der Waals surface area (Å²) < 4.78 is 26.8. The molecular weight excluding hydrogens is 332 g/mol. The van der Waals surface area contributed by atoms with E-state index in [0.717, 1.165) is 11.3 Å². The number of benzene rings is 1. The lowest BCUT2D eigenvalue weighted by Gasteiger charge is -2.30. The van der Waals surface area contributed by atoms with Gasteiger partial charge in [0.1, 0.15) is 0 Å². The van der Waals surface area contributed by atoms with Crippen LogP contribution in [-0.2, 0) is 14.8 Å². The number of nitrogens with one attached hydrogen (secondary N) is 1. The Labute approximate surface area is 142 Å². The van der Waals surface area contributed by atoms with Crippen LogP contribution in [0.3, 0.4) is 0 Å². The first kappa shape index (κ1) is 18.3. The number of sulfonamides is 1. The van der Waals surface area contributed by atoms with Crippen molar-refractivity contribution in [3.8, 4) is 0 Å². The summed E-state index contributed by atoms with van der Waals surface area (Å²) in [5.74, 6) is -0.0277. The van der Waals surface area contributed by atoms with E-state index in [9.17, 15) is 13.2 Å². The van der Waals surface area contributed by atoms with E-state index >= 15 is 0 Å². The topological polar surface area (TPSA) is 66.5 Å². The van der Waals surface area contributed by atoms with E-state index in [2.05, 4.69) is 5.32 Å². The molecule has 0 unspecified atom stereocenters. The fourth-order valence-electron chi connectivity index (χ4n) is 2.65. The Morgan fingerprint density at radius 2 is 1.87 bits per heavy atom. The molecule has 1 N–H and O–H groups in total. The van der Waals surface area contributed by atoms with Crippen LogP contribution < -0.4 is 5.32 Å². The van der Waals surface area contributed by atoms with Crippen molar-refractivity contribution in [2.45, 2.75) is 36.0 Å². The number of nitrogens with zero attached hydrogens (tertiary/aromatic N) is 1. The van der Waals surface area contributed by atoms with Gasteiger partial charge in [-0.25, -0.2) is 8.42 Å². The lowest BCUT2D eigenvalue weighted by atomic mass is 9.97. The number of hydrogen-bond donors (Lipinski definition) is 1. The normalized spacial score (nSPS) is 17.1. The molecule has 1 aliphatic rings. The predicted octanol–water partition coefficient (Wildman–Crippen LogP) is 2.34. The molecule has 1 aliphatic heterocycles. The van der Waals surface area contributed by atoms with Crippen molar-refractivity contribution in [1.82, 2.24) is 9.62 Å². The van der Waals surface area contributed by atoms with Gasteiger partial charge in [0.05, 0.1) is 4.90 Å². The number of carbonyl (C=O) groups is 1. The Kier molecular flexibility index (Phi) is 6.50. The highest BCUT2D eigenvalue weighted by molar-refractivity contribution is 7.98. The molecule has 0 spiro atoms. The van der Waals surface area contributed by atoms with E-state index in [1.54, 1.807) is 23.9 Å². The van der Waals surface area contributed by atoms with Gasteiger partial charge < -0.3 is 5.32 Å². The van der Waals surface area contributed by atoms with E-state index in [0.29, 0.717) is 37.4 Å². The van der Waals surface area contributed by atoms with Crippen molar-refractivity contribution in [3.63, 3.8) is 0 Å². The second-order valence-electron chi connectivity index (χ2n) is 5.64. The molecule has 1 aromatic rings. The van der Waals surface area contributed by atoms with Crippen LogP contribution in [0, 0.1) is 5.92 Å². The number of piperidine rings is 1. The second kappa shape index (κ2) is 8.17. The molecule has 2 rings (SSSR count). The van der Waals surface area contributed by atoms with E-state index in [1.165, 1.54) is 4.31 Å². The molecule has 128 valence electrons. The molecule has 1 amide bonds. The number of rotatable bonds is 6. The van der Waals surface area contributed by atoms with Gasteiger partial charge in [-0.2, -0.15) is 4.31 Å². The molecule has 1 heterocycles. The van der Waals surface area contributed by atoms with Crippen LogP contribution in [-0.4, -0.2) is 44.5 Å². The van der Waals surface area contributed by atoms with Crippen molar-refractivity contribution in [2.24, 2.45) is 5.92 Å². The van der Waals surface area contributed by atoms with Crippen molar-refractivity contribution >= 4 is 27.7 Å². The van der Waals surface area contributed by atoms with Gasteiger partial charge in [0, 0.05) is 30.4 Å². The van der Waals surface area contributed by atoms with Crippen LogP contribution in [0.5, 0.6) is 0 Å². The summed E-state index contributed by atoms with van der Waals surface area (Å²) in [6, 6.07) is 6.95. The lowest BCUT2D eigenvalue weighted by molar-refractivity contribution is -0.126. The van der Waals surface area contributed by atoms with Gasteiger partial charge in [0.15, 0.2) is 0 Å². The fourth-order valence-corrected chi connectivity index (χ4v) is 4.53. The summed E-state index contributed by atoms with van der Waals surface area (Å²) in [4.78, 5) is 13.3. The van der Waals surface area contributed by atoms with Crippen molar-refractivity contribution in [2.75, 3.05) is 25.9 Å². The summed E-state index contributed by atoms with van der Waals surface area (Å²) in [6.45, 7) is 3.49. The zero-order valence-electron chi connectivity index (χ0n) is 13.6. The first-order chi connectivity index (χ1) is 11.0. The molecule has 0 bridgehead atoms. The van der Waals surface area contributed by atoms with Gasteiger partial charge in [-0.1, -0.05) is 6.92 Å². The molecule has 7 heteroatoms. The van der Waals surface area contributed by atoms with Crippen LogP contribution in [0.4, 0.5) is 0 Å².